The van der Waals surface area contributed by atoms with Crippen molar-refractivity contribution in [3.63, 3.8) is 0 Å². The molecule has 4 nitrogen and oxygen atoms in total. The summed E-state index contributed by atoms with van der Waals surface area (Å²) in [7, 11) is -2.30. The Kier molecular flexibility index (Phi) is 7.38. The summed E-state index contributed by atoms with van der Waals surface area (Å²) in [6.07, 6.45) is 0.932. The second-order valence-electron chi connectivity index (χ2n) is 3.84. The van der Waals surface area contributed by atoms with Gasteiger partial charge in [-0.2, -0.15) is 0 Å². The van der Waals surface area contributed by atoms with E-state index in [0.29, 0.717) is 13.2 Å². The van der Waals surface area contributed by atoms with E-state index in [-0.39, 0.29) is 11.7 Å². The van der Waals surface area contributed by atoms with E-state index in [1.165, 1.54) is 0 Å². The van der Waals surface area contributed by atoms with Crippen molar-refractivity contribution in [1.82, 2.24) is 0 Å². The van der Waals surface area contributed by atoms with Crippen molar-refractivity contribution in [2.45, 2.75) is 51.9 Å². The Labute approximate surface area is 94.6 Å². The number of nitrogens with two attached hydrogens (primary N) is 2. The van der Waals surface area contributed by atoms with E-state index in [0.717, 1.165) is 12.5 Å². The zero-order valence-electron chi connectivity index (χ0n) is 10.5. The minimum atomic E-state index is -2.30. The Hall–Kier alpha value is 0.0569. The summed E-state index contributed by atoms with van der Waals surface area (Å²) in [6, 6.07) is 0.906. The van der Waals surface area contributed by atoms with Crippen molar-refractivity contribution in [2.75, 3.05) is 13.2 Å². The van der Waals surface area contributed by atoms with Crippen LogP contribution in [0.1, 0.15) is 34.1 Å². The van der Waals surface area contributed by atoms with Gasteiger partial charge in [0.15, 0.2) is 0 Å². The maximum absolute atomic E-state index is 6.00. The standard InChI is InChI=1S/C10H26N2O2Si/c1-5-10(12)8-15(9(4)11,13-6-2)14-7-3/h9-10H,5-8,11-12H2,1-4H3. The molecule has 2 unspecified atom stereocenters. The van der Waals surface area contributed by atoms with E-state index < -0.39 is 8.56 Å². The van der Waals surface area contributed by atoms with Crippen molar-refractivity contribution < 1.29 is 8.85 Å². The Balaban J connectivity index is 4.60. The molecule has 0 rings (SSSR count). The summed E-state index contributed by atoms with van der Waals surface area (Å²) in [5, 5.41) is 0. The second kappa shape index (κ2) is 7.35. The number of rotatable bonds is 8. The SMILES string of the molecule is CCO[Si](CC(N)CC)(OCC)C(C)N. The van der Waals surface area contributed by atoms with Crippen LogP contribution in [-0.4, -0.2) is 33.5 Å². The lowest BCUT2D eigenvalue weighted by Gasteiger charge is -2.34. The monoisotopic (exact) mass is 234 g/mol. The molecule has 0 aliphatic rings. The highest BCUT2D eigenvalue weighted by Crippen LogP contribution is 2.19. The summed E-state index contributed by atoms with van der Waals surface area (Å²) in [6.45, 7) is 9.26. The molecule has 0 heterocycles. The predicted octanol–water partition coefficient (Wildman–Crippen LogP) is 1.13. The van der Waals surface area contributed by atoms with Crippen LogP contribution in [0.2, 0.25) is 6.04 Å². The minimum Gasteiger partial charge on any atom is -0.394 e. The molecule has 0 aromatic heterocycles. The van der Waals surface area contributed by atoms with Crippen LogP contribution in [0.5, 0.6) is 0 Å². The molecule has 2 atom stereocenters. The zero-order chi connectivity index (χ0) is 11.9. The molecule has 0 aliphatic heterocycles. The van der Waals surface area contributed by atoms with Crippen LogP contribution in [0.4, 0.5) is 0 Å². The first kappa shape index (κ1) is 15.1. The Morgan fingerprint density at radius 3 is 1.80 bits per heavy atom. The molecule has 0 bridgehead atoms. The smallest absolute Gasteiger partial charge is 0.356 e. The van der Waals surface area contributed by atoms with Crippen LogP contribution >= 0.6 is 0 Å². The first-order chi connectivity index (χ1) is 7.02. The van der Waals surface area contributed by atoms with Gasteiger partial charge in [-0.3, -0.25) is 0 Å². The summed E-state index contributed by atoms with van der Waals surface area (Å²) in [5.74, 6) is 0. The first-order valence-electron chi connectivity index (χ1n) is 5.81. The third kappa shape index (κ3) is 4.61. The molecule has 0 saturated heterocycles. The molecule has 0 fully saturated rings. The van der Waals surface area contributed by atoms with Crippen LogP contribution in [0.25, 0.3) is 0 Å². The lowest BCUT2D eigenvalue weighted by atomic mass is 10.3. The average Bonchev–Trinajstić information content (AvgIpc) is 2.18. The van der Waals surface area contributed by atoms with Gasteiger partial charge in [-0.1, -0.05) is 6.92 Å². The van der Waals surface area contributed by atoms with Crippen molar-refractivity contribution >= 4 is 8.56 Å². The van der Waals surface area contributed by atoms with Crippen molar-refractivity contribution in [2.24, 2.45) is 11.5 Å². The molecule has 0 aromatic rings. The predicted molar refractivity (Wildman–Crippen MR) is 65.7 cm³/mol. The van der Waals surface area contributed by atoms with Crippen molar-refractivity contribution in [3.05, 3.63) is 0 Å². The highest BCUT2D eigenvalue weighted by atomic mass is 28.4. The number of hydrogen-bond acceptors (Lipinski definition) is 4. The molecular weight excluding hydrogens is 208 g/mol. The fourth-order valence-electron chi connectivity index (χ4n) is 1.61. The van der Waals surface area contributed by atoms with Gasteiger partial charge < -0.3 is 20.3 Å². The molecule has 92 valence electrons. The molecule has 0 radical (unpaired) electrons. The molecule has 0 aromatic carbocycles. The summed E-state index contributed by atoms with van der Waals surface area (Å²) in [5.41, 5.74) is 11.9. The largest absolute Gasteiger partial charge is 0.394 e. The highest BCUT2D eigenvalue weighted by molar-refractivity contribution is 6.69. The van der Waals surface area contributed by atoms with E-state index in [2.05, 4.69) is 6.92 Å². The Bertz CT molecular complexity index is 162. The van der Waals surface area contributed by atoms with Gasteiger partial charge in [0.05, 0.1) is 0 Å². The third-order valence-electron chi connectivity index (χ3n) is 2.54. The van der Waals surface area contributed by atoms with E-state index >= 15 is 0 Å². The fraction of sp³-hybridized carbons (Fsp3) is 1.00. The second-order valence-corrected chi connectivity index (χ2v) is 7.36. The van der Waals surface area contributed by atoms with Crippen LogP contribution in [0.15, 0.2) is 0 Å². The molecule has 0 saturated carbocycles. The van der Waals surface area contributed by atoms with Crippen LogP contribution in [0, 0.1) is 0 Å². The van der Waals surface area contributed by atoms with Gasteiger partial charge in [-0.15, -0.1) is 0 Å². The van der Waals surface area contributed by atoms with Crippen molar-refractivity contribution in [3.8, 4) is 0 Å². The van der Waals surface area contributed by atoms with Crippen molar-refractivity contribution in [1.29, 1.82) is 0 Å². The van der Waals surface area contributed by atoms with Gasteiger partial charge in [0, 0.05) is 31.0 Å². The normalized spacial score (nSPS) is 16.4. The Morgan fingerprint density at radius 2 is 1.53 bits per heavy atom. The summed E-state index contributed by atoms with van der Waals surface area (Å²) < 4.78 is 11.6. The maximum atomic E-state index is 6.00. The van der Waals surface area contributed by atoms with Gasteiger partial charge in [-0.05, 0) is 27.2 Å². The van der Waals surface area contributed by atoms with Gasteiger partial charge in [0.2, 0.25) is 0 Å². The highest BCUT2D eigenvalue weighted by Gasteiger charge is 2.42. The van der Waals surface area contributed by atoms with Crippen LogP contribution in [0.3, 0.4) is 0 Å². The zero-order valence-corrected chi connectivity index (χ0v) is 11.5. The van der Waals surface area contributed by atoms with Gasteiger partial charge in [0.1, 0.15) is 0 Å². The van der Waals surface area contributed by atoms with Crippen LogP contribution in [-0.2, 0) is 8.85 Å². The summed E-state index contributed by atoms with van der Waals surface area (Å²) >= 11 is 0. The lowest BCUT2D eigenvalue weighted by Crippen LogP contribution is -2.58. The molecule has 4 N–H and O–H groups in total. The van der Waals surface area contributed by atoms with E-state index in [4.69, 9.17) is 20.3 Å². The van der Waals surface area contributed by atoms with Crippen LogP contribution < -0.4 is 11.5 Å². The van der Waals surface area contributed by atoms with E-state index in [9.17, 15) is 0 Å². The lowest BCUT2D eigenvalue weighted by molar-refractivity contribution is 0.172. The quantitative estimate of drug-likeness (QED) is 0.618. The van der Waals surface area contributed by atoms with E-state index in [1.807, 2.05) is 20.8 Å². The molecule has 0 aliphatic carbocycles. The molecule has 5 heteroatoms. The number of hydrogen-bond donors (Lipinski definition) is 2. The Morgan fingerprint density at radius 1 is 1.07 bits per heavy atom. The third-order valence-corrected chi connectivity index (χ3v) is 6.58. The van der Waals surface area contributed by atoms with Gasteiger partial charge >= 0.3 is 8.56 Å². The molecule has 0 spiro atoms. The maximum Gasteiger partial charge on any atom is 0.356 e. The van der Waals surface area contributed by atoms with E-state index in [1.54, 1.807) is 0 Å². The fourth-order valence-corrected chi connectivity index (χ4v) is 4.82. The molecular formula is C10H26N2O2Si. The van der Waals surface area contributed by atoms with Gasteiger partial charge in [-0.25, -0.2) is 0 Å². The van der Waals surface area contributed by atoms with Gasteiger partial charge in [0.25, 0.3) is 0 Å². The molecule has 15 heavy (non-hydrogen) atoms. The minimum absolute atomic E-state index is 0.0463. The average molecular weight is 234 g/mol. The topological polar surface area (TPSA) is 70.5 Å². The first-order valence-corrected chi connectivity index (χ1v) is 7.91. The summed E-state index contributed by atoms with van der Waals surface area (Å²) in [4.78, 5) is 0. The molecule has 0 amide bonds.